The molecule has 4 aromatic carbocycles. The van der Waals surface area contributed by atoms with E-state index in [1.165, 1.54) is 5.56 Å². The van der Waals surface area contributed by atoms with E-state index in [9.17, 15) is 4.79 Å². The van der Waals surface area contributed by atoms with Gasteiger partial charge in [-0.25, -0.2) is 4.98 Å². The van der Waals surface area contributed by atoms with Crippen molar-refractivity contribution in [1.29, 1.82) is 0 Å². The zero-order valence-corrected chi connectivity index (χ0v) is 22.5. The minimum atomic E-state index is -0.0236. The quantitative estimate of drug-likeness (QED) is 0.275. The summed E-state index contributed by atoms with van der Waals surface area (Å²) in [6.45, 7) is 5.04. The molecule has 0 unspecified atom stereocenters. The molecule has 5 aromatic rings. The van der Waals surface area contributed by atoms with Crippen LogP contribution < -0.4 is 10.2 Å². The van der Waals surface area contributed by atoms with Crippen LogP contribution in [0.25, 0.3) is 22.2 Å². The number of anilines is 2. The van der Waals surface area contributed by atoms with Gasteiger partial charge in [0, 0.05) is 38.4 Å². The molecule has 0 spiro atoms. The highest BCUT2D eigenvalue weighted by molar-refractivity contribution is 5.92. The number of carbonyl (C=O) groups excluding carboxylic acids is 1. The van der Waals surface area contributed by atoms with E-state index in [1.807, 2.05) is 66.9 Å². The van der Waals surface area contributed by atoms with Gasteiger partial charge < -0.3 is 10.2 Å². The SMILES string of the molecule is O=C(Cc1ccccc1)Nc1ccc(-c2ccc3ncc(N4CCN(CCc5ccccc5)CC4)nc3c2)cc1. The average molecular weight is 528 g/mol. The Morgan fingerprint density at radius 3 is 2.12 bits per heavy atom. The highest BCUT2D eigenvalue weighted by Crippen LogP contribution is 2.26. The molecule has 1 N–H and O–H groups in total. The number of benzene rings is 4. The van der Waals surface area contributed by atoms with Crippen molar-refractivity contribution < 1.29 is 4.79 Å². The Morgan fingerprint density at radius 1 is 0.725 bits per heavy atom. The molecule has 1 aliphatic heterocycles. The molecule has 2 heterocycles. The van der Waals surface area contributed by atoms with Crippen LogP contribution in [0.2, 0.25) is 0 Å². The van der Waals surface area contributed by atoms with Gasteiger partial charge >= 0.3 is 0 Å². The van der Waals surface area contributed by atoms with E-state index in [4.69, 9.17) is 9.97 Å². The van der Waals surface area contributed by atoms with Crippen molar-refractivity contribution in [2.45, 2.75) is 12.8 Å². The molecule has 0 aliphatic carbocycles. The second-order valence-electron chi connectivity index (χ2n) is 10.3. The summed E-state index contributed by atoms with van der Waals surface area (Å²) in [5.41, 5.74) is 7.10. The van der Waals surface area contributed by atoms with Crippen molar-refractivity contribution >= 4 is 28.4 Å². The molecule has 0 radical (unpaired) electrons. The summed E-state index contributed by atoms with van der Waals surface area (Å²) in [6.07, 6.45) is 3.34. The molecule has 0 atom stereocenters. The van der Waals surface area contributed by atoms with Crippen molar-refractivity contribution in [3.63, 3.8) is 0 Å². The summed E-state index contributed by atoms with van der Waals surface area (Å²) in [5, 5.41) is 2.99. The number of piperazine rings is 1. The van der Waals surface area contributed by atoms with Gasteiger partial charge in [-0.3, -0.25) is 14.7 Å². The van der Waals surface area contributed by atoms with Gasteiger partial charge in [0.15, 0.2) is 0 Å². The number of rotatable bonds is 8. The van der Waals surface area contributed by atoms with Crippen LogP contribution in [-0.4, -0.2) is 53.5 Å². The maximum Gasteiger partial charge on any atom is 0.228 e. The molecule has 1 aliphatic rings. The van der Waals surface area contributed by atoms with E-state index in [1.54, 1.807) is 0 Å². The van der Waals surface area contributed by atoms with Gasteiger partial charge in [-0.1, -0.05) is 78.9 Å². The van der Waals surface area contributed by atoms with Crippen LogP contribution in [0.5, 0.6) is 0 Å². The molecule has 1 aromatic heterocycles. The monoisotopic (exact) mass is 527 g/mol. The number of nitrogens with one attached hydrogen (secondary N) is 1. The smallest absolute Gasteiger partial charge is 0.228 e. The van der Waals surface area contributed by atoms with Gasteiger partial charge in [0.2, 0.25) is 5.91 Å². The predicted octanol–water partition coefficient (Wildman–Crippen LogP) is 5.84. The molecule has 1 fully saturated rings. The van der Waals surface area contributed by atoms with Crippen molar-refractivity contribution in [2.75, 3.05) is 42.9 Å². The fraction of sp³-hybridized carbons (Fsp3) is 0.206. The second kappa shape index (κ2) is 12.1. The number of fused-ring (bicyclic) bond motifs is 1. The minimum absolute atomic E-state index is 0.0236. The lowest BCUT2D eigenvalue weighted by Crippen LogP contribution is -2.47. The Labute approximate surface area is 235 Å². The van der Waals surface area contributed by atoms with Gasteiger partial charge in [-0.15, -0.1) is 0 Å². The summed E-state index contributed by atoms with van der Waals surface area (Å²) >= 11 is 0. The van der Waals surface area contributed by atoms with E-state index in [-0.39, 0.29) is 5.91 Å². The molecule has 200 valence electrons. The third-order valence-corrected chi connectivity index (χ3v) is 7.49. The number of nitrogens with zero attached hydrogens (tertiary/aromatic N) is 4. The first-order valence-electron chi connectivity index (χ1n) is 13.9. The van der Waals surface area contributed by atoms with Crippen molar-refractivity contribution in [2.24, 2.45) is 0 Å². The van der Waals surface area contributed by atoms with Gasteiger partial charge in [0.1, 0.15) is 5.82 Å². The molecule has 1 amide bonds. The van der Waals surface area contributed by atoms with Gasteiger partial charge in [-0.2, -0.15) is 0 Å². The van der Waals surface area contributed by atoms with Crippen LogP contribution in [0.4, 0.5) is 11.5 Å². The van der Waals surface area contributed by atoms with Crippen LogP contribution in [0.15, 0.2) is 109 Å². The van der Waals surface area contributed by atoms with E-state index < -0.39 is 0 Å². The molecule has 0 bridgehead atoms. The third kappa shape index (κ3) is 6.35. The molecule has 40 heavy (non-hydrogen) atoms. The first kappa shape index (κ1) is 25.7. The summed E-state index contributed by atoms with van der Waals surface area (Å²) < 4.78 is 0. The van der Waals surface area contributed by atoms with Crippen LogP contribution in [0, 0.1) is 0 Å². The number of hydrogen-bond donors (Lipinski definition) is 1. The maximum absolute atomic E-state index is 12.4. The standard InChI is InChI=1S/C34H33N5O/c40-34(23-27-9-5-2-6-10-27)36-30-14-11-28(12-15-30)29-13-16-31-32(24-29)37-33(25-35-31)39-21-19-38(20-22-39)18-17-26-7-3-1-4-8-26/h1-16,24-25H,17-23H2,(H,36,40). The van der Waals surface area contributed by atoms with Crippen LogP contribution in [0.3, 0.4) is 0 Å². The van der Waals surface area contributed by atoms with Crippen molar-refractivity contribution in [3.8, 4) is 11.1 Å². The molecule has 6 heteroatoms. The summed E-state index contributed by atoms with van der Waals surface area (Å²) in [7, 11) is 0. The summed E-state index contributed by atoms with van der Waals surface area (Å²) in [5.74, 6) is 0.910. The average Bonchev–Trinajstić information content (AvgIpc) is 3.01. The molecule has 6 rings (SSSR count). The topological polar surface area (TPSA) is 61.4 Å². The van der Waals surface area contributed by atoms with Gasteiger partial charge in [0.25, 0.3) is 0 Å². The molecule has 6 nitrogen and oxygen atoms in total. The van der Waals surface area contributed by atoms with E-state index in [2.05, 4.69) is 57.6 Å². The molecular weight excluding hydrogens is 494 g/mol. The summed E-state index contributed by atoms with van der Waals surface area (Å²) in [6, 6.07) is 34.6. The van der Waals surface area contributed by atoms with Crippen LogP contribution in [-0.2, 0) is 17.6 Å². The second-order valence-corrected chi connectivity index (χ2v) is 10.3. The predicted molar refractivity (Wildman–Crippen MR) is 163 cm³/mol. The highest BCUT2D eigenvalue weighted by atomic mass is 16.1. The Bertz CT molecular complexity index is 1560. The highest BCUT2D eigenvalue weighted by Gasteiger charge is 2.18. The zero-order chi connectivity index (χ0) is 27.1. The van der Waals surface area contributed by atoms with Crippen molar-refractivity contribution in [1.82, 2.24) is 14.9 Å². The molecule has 1 saturated heterocycles. The first-order valence-corrected chi connectivity index (χ1v) is 13.9. The van der Waals surface area contributed by atoms with E-state index in [0.717, 1.165) is 78.4 Å². The number of carbonyl (C=O) groups is 1. The Morgan fingerprint density at radius 2 is 1.40 bits per heavy atom. The zero-order valence-electron chi connectivity index (χ0n) is 22.5. The number of aromatic nitrogens is 2. The lowest BCUT2D eigenvalue weighted by Gasteiger charge is -2.35. The first-order chi connectivity index (χ1) is 19.7. The van der Waals surface area contributed by atoms with Crippen LogP contribution >= 0.6 is 0 Å². The largest absolute Gasteiger partial charge is 0.353 e. The minimum Gasteiger partial charge on any atom is -0.353 e. The third-order valence-electron chi connectivity index (χ3n) is 7.49. The lowest BCUT2D eigenvalue weighted by atomic mass is 10.0. The van der Waals surface area contributed by atoms with Gasteiger partial charge in [-0.05, 0) is 52.9 Å². The van der Waals surface area contributed by atoms with Crippen LogP contribution in [0.1, 0.15) is 11.1 Å². The number of amides is 1. The van der Waals surface area contributed by atoms with E-state index >= 15 is 0 Å². The maximum atomic E-state index is 12.4. The van der Waals surface area contributed by atoms with Gasteiger partial charge in [0.05, 0.1) is 23.7 Å². The Balaban J connectivity index is 1.08. The summed E-state index contributed by atoms with van der Waals surface area (Å²) in [4.78, 5) is 27.0. The lowest BCUT2D eigenvalue weighted by molar-refractivity contribution is -0.115. The Hall–Kier alpha value is -4.55. The fourth-order valence-corrected chi connectivity index (χ4v) is 5.20. The van der Waals surface area contributed by atoms with E-state index in [0.29, 0.717) is 6.42 Å². The number of hydrogen-bond acceptors (Lipinski definition) is 5. The Kier molecular flexibility index (Phi) is 7.78. The molecule has 0 saturated carbocycles. The normalized spacial score (nSPS) is 13.8. The fourth-order valence-electron chi connectivity index (χ4n) is 5.20. The molecular formula is C34H33N5O. The van der Waals surface area contributed by atoms with Crippen molar-refractivity contribution in [3.05, 3.63) is 120 Å².